The summed E-state index contributed by atoms with van der Waals surface area (Å²) in [5.41, 5.74) is 1.30. The van der Waals surface area contributed by atoms with E-state index in [0.29, 0.717) is 29.4 Å². The number of benzene rings is 1. The zero-order valence-electron chi connectivity index (χ0n) is 13.7. The maximum Gasteiger partial charge on any atom is 0.246 e. The summed E-state index contributed by atoms with van der Waals surface area (Å²) in [7, 11) is 0. The van der Waals surface area contributed by atoms with Gasteiger partial charge in [-0.15, -0.1) is 24.8 Å². The van der Waals surface area contributed by atoms with Crippen molar-refractivity contribution in [3.63, 3.8) is 0 Å². The normalized spacial score (nSPS) is 16.8. The Labute approximate surface area is 158 Å². The number of carbonyl (C=O) groups excluding carboxylic acids is 1. The van der Waals surface area contributed by atoms with Crippen LogP contribution in [0.15, 0.2) is 18.2 Å². The Kier molecular flexibility index (Phi) is 9.13. The first kappa shape index (κ1) is 21.6. The average Bonchev–Trinajstić information content (AvgIpc) is 2.96. The monoisotopic (exact) mass is 392 g/mol. The lowest BCUT2D eigenvalue weighted by Gasteiger charge is -2.22. The Morgan fingerprint density at radius 1 is 1.40 bits per heavy atom. The molecule has 0 bridgehead atoms. The molecule has 1 amide bonds. The van der Waals surface area contributed by atoms with E-state index < -0.39 is 0 Å². The van der Waals surface area contributed by atoms with Gasteiger partial charge in [-0.05, 0) is 43.5 Å². The fourth-order valence-corrected chi connectivity index (χ4v) is 2.74. The van der Waals surface area contributed by atoms with Crippen molar-refractivity contribution in [1.82, 2.24) is 20.6 Å². The zero-order chi connectivity index (χ0) is 16.1. The smallest absolute Gasteiger partial charge is 0.246 e. The number of aromatic amines is 1. The summed E-state index contributed by atoms with van der Waals surface area (Å²) < 4.78 is 18.6. The van der Waals surface area contributed by atoms with Crippen LogP contribution in [0.3, 0.4) is 0 Å². The Hall–Kier alpha value is -1.41. The number of imidazole rings is 1. The van der Waals surface area contributed by atoms with E-state index >= 15 is 0 Å². The van der Waals surface area contributed by atoms with E-state index in [4.69, 9.17) is 4.74 Å². The quantitative estimate of drug-likeness (QED) is 0.703. The second-order valence-electron chi connectivity index (χ2n) is 5.85. The second kappa shape index (κ2) is 10.6. The first-order chi connectivity index (χ1) is 11.2. The van der Waals surface area contributed by atoms with Crippen LogP contribution in [-0.2, 0) is 16.1 Å². The predicted octanol–water partition coefficient (Wildman–Crippen LogP) is 2.18. The summed E-state index contributed by atoms with van der Waals surface area (Å²) in [6, 6.07) is 4.35. The van der Waals surface area contributed by atoms with E-state index in [1.54, 1.807) is 6.07 Å². The van der Waals surface area contributed by atoms with Gasteiger partial charge in [0.25, 0.3) is 0 Å². The summed E-state index contributed by atoms with van der Waals surface area (Å²) in [5.74, 6) is 0.583. The van der Waals surface area contributed by atoms with Crippen LogP contribution in [0.5, 0.6) is 0 Å². The van der Waals surface area contributed by atoms with Crippen molar-refractivity contribution in [3.8, 4) is 0 Å². The third-order valence-corrected chi connectivity index (χ3v) is 3.93. The molecule has 1 fully saturated rings. The van der Waals surface area contributed by atoms with Crippen molar-refractivity contribution in [3.05, 3.63) is 29.8 Å². The van der Waals surface area contributed by atoms with Crippen LogP contribution in [-0.4, -0.2) is 42.2 Å². The molecule has 3 N–H and O–H groups in total. The van der Waals surface area contributed by atoms with E-state index in [1.165, 1.54) is 12.1 Å². The highest BCUT2D eigenvalue weighted by atomic mass is 35.5. The van der Waals surface area contributed by atoms with Gasteiger partial charge in [-0.25, -0.2) is 9.37 Å². The number of nitrogens with zero attached hydrogens (tertiary/aromatic N) is 1. The molecule has 0 radical (unpaired) electrons. The summed E-state index contributed by atoms with van der Waals surface area (Å²) in [6.07, 6.45) is 2.30. The third-order valence-electron chi connectivity index (χ3n) is 3.93. The second-order valence-corrected chi connectivity index (χ2v) is 5.85. The highest BCUT2D eigenvalue weighted by Gasteiger charge is 2.13. The first-order valence-electron chi connectivity index (χ1n) is 7.90. The molecule has 9 heteroatoms. The third kappa shape index (κ3) is 6.43. The maximum absolute atomic E-state index is 13.1. The number of hydrogen-bond donors (Lipinski definition) is 3. The van der Waals surface area contributed by atoms with Crippen LogP contribution < -0.4 is 10.6 Å². The van der Waals surface area contributed by atoms with Crippen molar-refractivity contribution in [2.75, 3.05) is 26.3 Å². The van der Waals surface area contributed by atoms with Crippen molar-refractivity contribution in [1.29, 1.82) is 0 Å². The van der Waals surface area contributed by atoms with Crippen LogP contribution in [0.1, 0.15) is 18.7 Å². The minimum absolute atomic E-state index is 0. The Balaban J connectivity index is 0.00000156. The molecule has 1 aliphatic heterocycles. The number of piperidine rings is 1. The van der Waals surface area contributed by atoms with E-state index in [1.807, 2.05) is 0 Å². The largest absolute Gasteiger partial charge is 0.371 e. The molecular formula is C16H23Cl2FN4O2. The molecule has 25 heavy (non-hydrogen) atoms. The predicted molar refractivity (Wildman–Crippen MR) is 98.8 cm³/mol. The molecule has 3 rings (SSSR count). The Morgan fingerprint density at radius 2 is 2.24 bits per heavy atom. The van der Waals surface area contributed by atoms with Crippen molar-refractivity contribution < 1.29 is 13.9 Å². The van der Waals surface area contributed by atoms with Crippen molar-refractivity contribution in [2.24, 2.45) is 5.92 Å². The van der Waals surface area contributed by atoms with Crippen LogP contribution in [0.4, 0.5) is 4.39 Å². The summed E-state index contributed by atoms with van der Waals surface area (Å²) in [4.78, 5) is 19.1. The van der Waals surface area contributed by atoms with E-state index in [2.05, 4.69) is 20.6 Å². The van der Waals surface area contributed by atoms with Gasteiger partial charge in [0.15, 0.2) is 0 Å². The zero-order valence-corrected chi connectivity index (χ0v) is 15.4. The minimum Gasteiger partial charge on any atom is -0.371 e. The fourth-order valence-electron chi connectivity index (χ4n) is 2.74. The van der Waals surface area contributed by atoms with Gasteiger partial charge in [0.2, 0.25) is 5.91 Å². The van der Waals surface area contributed by atoms with Crippen molar-refractivity contribution >= 4 is 41.8 Å². The number of aromatic nitrogens is 2. The lowest BCUT2D eigenvalue weighted by atomic mass is 10.0. The van der Waals surface area contributed by atoms with Gasteiger partial charge >= 0.3 is 0 Å². The first-order valence-corrected chi connectivity index (χ1v) is 7.90. The topological polar surface area (TPSA) is 79.0 Å². The van der Waals surface area contributed by atoms with Crippen LogP contribution in [0, 0.1) is 11.7 Å². The number of rotatable bonds is 6. The number of fused-ring (bicyclic) bond motifs is 1. The summed E-state index contributed by atoms with van der Waals surface area (Å²) in [6.45, 7) is 2.94. The molecule has 1 saturated heterocycles. The van der Waals surface area contributed by atoms with Crippen LogP contribution in [0.2, 0.25) is 0 Å². The molecule has 0 spiro atoms. The molecule has 6 nitrogen and oxygen atoms in total. The van der Waals surface area contributed by atoms with Gasteiger partial charge in [-0.1, -0.05) is 0 Å². The SMILES string of the molecule is Cl.Cl.O=C(COCC1CCCNC1)NCc1nc2ccc(F)cc2[nH]1. The van der Waals surface area contributed by atoms with Crippen molar-refractivity contribution in [2.45, 2.75) is 19.4 Å². The summed E-state index contributed by atoms with van der Waals surface area (Å²) >= 11 is 0. The minimum atomic E-state index is -0.317. The van der Waals surface area contributed by atoms with Gasteiger partial charge in [-0.2, -0.15) is 0 Å². The van der Waals surface area contributed by atoms with E-state index in [-0.39, 0.29) is 49.7 Å². The lowest BCUT2D eigenvalue weighted by Crippen LogP contribution is -2.34. The number of amides is 1. The van der Waals surface area contributed by atoms with Gasteiger partial charge < -0.3 is 20.4 Å². The molecular weight excluding hydrogens is 370 g/mol. The molecule has 0 aliphatic carbocycles. The maximum atomic E-state index is 13.1. The molecule has 2 aromatic rings. The number of ether oxygens (including phenoxy) is 1. The molecule has 140 valence electrons. The molecule has 1 aliphatic rings. The molecule has 1 aromatic carbocycles. The van der Waals surface area contributed by atoms with E-state index in [9.17, 15) is 9.18 Å². The number of carbonyl (C=O) groups is 1. The van der Waals surface area contributed by atoms with Crippen LogP contribution in [0.25, 0.3) is 11.0 Å². The number of H-pyrrole nitrogens is 1. The standard InChI is InChI=1S/C16H21FN4O2.2ClH/c17-12-3-4-13-14(6-12)21-15(20-13)8-19-16(22)10-23-9-11-2-1-5-18-7-11;;/h3-4,6,11,18H,1-2,5,7-10H2,(H,19,22)(H,20,21);2*1H. The Morgan fingerprint density at radius 3 is 3.00 bits per heavy atom. The molecule has 1 aromatic heterocycles. The lowest BCUT2D eigenvalue weighted by molar-refractivity contribution is -0.126. The molecule has 1 unspecified atom stereocenters. The van der Waals surface area contributed by atoms with Gasteiger partial charge in [0.05, 0.1) is 24.2 Å². The van der Waals surface area contributed by atoms with E-state index in [0.717, 1.165) is 25.9 Å². The fraction of sp³-hybridized carbons (Fsp3) is 0.500. The van der Waals surface area contributed by atoms with Gasteiger partial charge in [0, 0.05) is 6.54 Å². The van der Waals surface area contributed by atoms with Crippen LogP contribution >= 0.6 is 24.8 Å². The molecule has 1 atom stereocenters. The Bertz CT molecular complexity index is 677. The summed E-state index contributed by atoms with van der Waals surface area (Å²) in [5, 5.41) is 6.06. The van der Waals surface area contributed by atoms with Gasteiger partial charge in [0.1, 0.15) is 18.2 Å². The number of halogens is 3. The molecule has 2 heterocycles. The highest BCUT2D eigenvalue weighted by molar-refractivity contribution is 5.85. The van der Waals surface area contributed by atoms with Gasteiger partial charge in [-0.3, -0.25) is 4.79 Å². The number of hydrogen-bond acceptors (Lipinski definition) is 4. The highest BCUT2D eigenvalue weighted by Crippen LogP contribution is 2.13. The number of nitrogens with one attached hydrogen (secondary N) is 3. The molecule has 0 saturated carbocycles. The average molecular weight is 393 g/mol.